The Kier molecular flexibility index (Phi) is 14.1. The average molecular weight is 771 g/mol. The normalized spacial score (nSPS) is 10.6. The highest BCUT2D eigenvalue weighted by molar-refractivity contribution is 6.00. The van der Waals surface area contributed by atoms with Crippen LogP contribution in [-0.4, -0.2) is 43.7 Å². The van der Waals surface area contributed by atoms with E-state index < -0.39 is 23.2 Å². The second-order valence-corrected chi connectivity index (χ2v) is 11.5. The van der Waals surface area contributed by atoms with Crippen LogP contribution < -0.4 is 15.4 Å². The number of rotatable bonds is 8. The molecule has 0 aliphatic heterocycles. The van der Waals surface area contributed by atoms with Crippen LogP contribution in [0.25, 0.3) is 44.8 Å². The molecular weight excluding hydrogens is 735 g/mol. The fourth-order valence-corrected chi connectivity index (χ4v) is 5.00. The van der Waals surface area contributed by atoms with E-state index >= 15 is 13.2 Å². The van der Waals surface area contributed by atoms with Gasteiger partial charge in [0.25, 0.3) is 0 Å². The largest absolute Gasteiger partial charge is 0.451 e. The summed E-state index contributed by atoms with van der Waals surface area (Å²) in [4.78, 5) is 15.0. The molecule has 9 nitrogen and oxygen atoms in total. The lowest BCUT2D eigenvalue weighted by Gasteiger charge is -2.10. The van der Waals surface area contributed by atoms with Gasteiger partial charge in [-0.05, 0) is 88.4 Å². The number of benzene rings is 4. The van der Waals surface area contributed by atoms with E-state index in [2.05, 4.69) is 30.6 Å². The maximum atomic E-state index is 15.2. The molecule has 6 aromatic rings. The maximum Gasteiger partial charge on any atom is 0.198 e. The van der Waals surface area contributed by atoms with Crippen molar-refractivity contribution in [3.63, 3.8) is 0 Å². The standard InChI is InChI=1S/C34H31F3N8O.4ClH/c1-16(2)40-31(38)18-5-9-26-28(13-18)44-33(42-26)20-11-24(36)30(25(37)12-20)46-21-7-8-22(23(35)15-21)34-43-27-10-6-19(14-29(27)45-34)32(39)41-17(3)4;;;;/h5-17H,1-4H3,(H2,38,40)(H2,39,41)(H,42,44)(H,43,45);4*1H. The third kappa shape index (κ3) is 8.80. The highest BCUT2D eigenvalue weighted by atomic mass is 35.5. The minimum Gasteiger partial charge on any atom is -0.451 e. The van der Waals surface area contributed by atoms with E-state index in [0.717, 1.165) is 18.2 Å². The Morgan fingerprint density at radius 3 is 1.60 bits per heavy atom. The molecule has 0 fully saturated rings. The minimum absolute atomic E-state index is 0. The summed E-state index contributed by atoms with van der Waals surface area (Å²) in [5.41, 5.74) is 3.97. The molecule has 16 heteroatoms. The number of amidine groups is 2. The summed E-state index contributed by atoms with van der Waals surface area (Å²) in [6, 6.07) is 16.7. The minimum atomic E-state index is -0.992. The Labute approximate surface area is 310 Å². The van der Waals surface area contributed by atoms with E-state index in [9.17, 15) is 0 Å². The zero-order valence-corrected chi connectivity index (χ0v) is 30.3. The Morgan fingerprint density at radius 2 is 1.12 bits per heavy atom. The molecule has 2 aromatic heterocycles. The van der Waals surface area contributed by atoms with Gasteiger partial charge in [0.15, 0.2) is 17.4 Å². The van der Waals surface area contributed by atoms with Gasteiger partial charge in [-0.1, -0.05) is 0 Å². The molecule has 0 atom stereocenters. The van der Waals surface area contributed by atoms with Crippen LogP contribution in [0.15, 0.2) is 66.7 Å². The Bertz CT molecular complexity index is 2130. The van der Waals surface area contributed by atoms with E-state index in [-0.39, 0.29) is 102 Å². The fourth-order valence-electron chi connectivity index (χ4n) is 5.00. The summed E-state index contributed by atoms with van der Waals surface area (Å²) >= 11 is 0. The zero-order valence-electron chi connectivity index (χ0n) is 27.1. The Morgan fingerprint density at radius 1 is 0.640 bits per heavy atom. The van der Waals surface area contributed by atoms with E-state index in [0.29, 0.717) is 33.2 Å². The summed E-state index contributed by atoms with van der Waals surface area (Å²) < 4.78 is 51.1. The number of H-pyrrole nitrogens is 2. The number of halogens is 7. The lowest BCUT2D eigenvalue weighted by Crippen LogP contribution is -2.30. The fraction of sp³-hybridized carbons (Fsp3) is 0.176. The number of aromatic nitrogens is 4. The molecule has 0 radical (unpaired) electrons. The second kappa shape index (κ2) is 16.9. The van der Waals surface area contributed by atoms with Crippen LogP contribution in [0.3, 0.4) is 0 Å². The molecular formula is C34H35Cl4F3N8O. The van der Waals surface area contributed by atoms with Gasteiger partial charge in [0, 0.05) is 34.8 Å². The lowest BCUT2D eigenvalue weighted by molar-refractivity contribution is 0.405. The van der Waals surface area contributed by atoms with Crippen molar-refractivity contribution in [3.05, 3.63) is 95.3 Å². The van der Waals surface area contributed by atoms with Gasteiger partial charge in [0.1, 0.15) is 34.9 Å². The number of hydrogen-bond donors (Lipinski definition) is 6. The van der Waals surface area contributed by atoms with E-state index in [4.69, 9.17) is 15.6 Å². The zero-order chi connectivity index (χ0) is 32.7. The summed E-state index contributed by atoms with van der Waals surface area (Å²) in [7, 11) is 0. The van der Waals surface area contributed by atoms with Gasteiger partial charge >= 0.3 is 0 Å². The molecule has 0 unspecified atom stereocenters. The summed E-state index contributed by atoms with van der Waals surface area (Å²) in [6.45, 7) is 7.74. The second-order valence-electron chi connectivity index (χ2n) is 11.5. The van der Waals surface area contributed by atoms with Crippen molar-refractivity contribution >= 4 is 83.4 Å². The van der Waals surface area contributed by atoms with Crippen LogP contribution in [0.1, 0.15) is 38.8 Å². The summed E-state index contributed by atoms with van der Waals surface area (Å²) in [6.07, 6.45) is 0. The van der Waals surface area contributed by atoms with Gasteiger partial charge in [0.2, 0.25) is 0 Å². The first-order chi connectivity index (χ1) is 21.9. The first-order valence-electron chi connectivity index (χ1n) is 14.6. The monoisotopic (exact) mass is 768 g/mol. The molecule has 6 rings (SSSR count). The third-order valence-corrected chi connectivity index (χ3v) is 7.09. The number of aromatic amines is 2. The molecule has 0 amide bonds. The van der Waals surface area contributed by atoms with Gasteiger partial charge in [-0.25, -0.2) is 23.1 Å². The highest BCUT2D eigenvalue weighted by Crippen LogP contribution is 2.34. The Hall–Kier alpha value is -4.49. The number of nitrogens with one attached hydrogen (secondary N) is 6. The average Bonchev–Trinajstić information content (AvgIpc) is 3.62. The predicted octanol–water partition coefficient (Wildman–Crippen LogP) is 9.32. The van der Waals surface area contributed by atoms with Crippen LogP contribution in [0.5, 0.6) is 11.5 Å². The molecule has 6 N–H and O–H groups in total. The van der Waals surface area contributed by atoms with Crippen LogP contribution in [-0.2, 0) is 0 Å². The molecule has 0 saturated carbocycles. The van der Waals surface area contributed by atoms with Crippen LogP contribution in [0.4, 0.5) is 13.2 Å². The number of imidazole rings is 2. The summed E-state index contributed by atoms with van der Waals surface area (Å²) in [5.74, 6) is -2.47. The van der Waals surface area contributed by atoms with Crippen LogP contribution in [0, 0.1) is 28.3 Å². The molecule has 0 bridgehead atoms. The van der Waals surface area contributed by atoms with Crippen LogP contribution in [0.2, 0.25) is 0 Å². The maximum absolute atomic E-state index is 15.2. The van der Waals surface area contributed by atoms with Crippen molar-refractivity contribution in [1.29, 1.82) is 10.8 Å². The van der Waals surface area contributed by atoms with Gasteiger partial charge in [-0.15, -0.1) is 49.6 Å². The highest BCUT2D eigenvalue weighted by Gasteiger charge is 2.19. The van der Waals surface area contributed by atoms with E-state index in [1.54, 1.807) is 36.4 Å². The number of nitrogens with zero attached hydrogens (tertiary/aromatic N) is 2. The van der Waals surface area contributed by atoms with Gasteiger partial charge in [-0.3, -0.25) is 10.8 Å². The van der Waals surface area contributed by atoms with Crippen molar-refractivity contribution in [2.24, 2.45) is 0 Å². The SMILES string of the molecule is CC(C)NC(=N)c1ccc2nc(-c3cc(F)c(Oc4ccc(-c5nc6ccc(C(=N)NC(C)C)cc6[nH]5)c(F)c4)c(F)c3)[nH]c2c1.Cl.Cl.Cl.Cl. The first kappa shape index (κ1) is 41.7. The molecule has 0 saturated heterocycles. The third-order valence-electron chi connectivity index (χ3n) is 7.09. The molecule has 0 aliphatic rings. The van der Waals surface area contributed by atoms with Crippen molar-refractivity contribution < 1.29 is 17.9 Å². The molecule has 2 heterocycles. The topological polar surface area (TPSA) is 138 Å². The lowest BCUT2D eigenvalue weighted by atomic mass is 10.1. The predicted molar refractivity (Wildman–Crippen MR) is 202 cm³/mol. The van der Waals surface area contributed by atoms with E-state index in [1.807, 2.05) is 27.7 Å². The molecule has 4 aromatic carbocycles. The number of fused-ring (bicyclic) bond motifs is 2. The first-order valence-corrected chi connectivity index (χ1v) is 14.6. The van der Waals surface area contributed by atoms with Crippen molar-refractivity contribution in [1.82, 2.24) is 30.6 Å². The van der Waals surface area contributed by atoms with Gasteiger partial charge in [-0.2, -0.15) is 0 Å². The number of hydrogen-bond acceptors (Lipinski definition) is 5. The number of ether oxygens (including phenoxy) is 1. The Balaban J connectivity index is 0.00000217. The van der Waals surface area contributed by atoms with Gasteiger partial charge < -0.3 is 25.3 Å². The molecule has 0 spiro atoms. The molecule has 266 valence electrons. The van der Waals surface area contributed by atoms with E-state index in [1.165, 1.54) is 12.1 Å². The smallest absolute Gasteiger partial charge is 0.198 e. The van der Waals surface area contributed by atoms with Gasteiger partial charge in [0.05, 0.1) is 27.6 Å². The molecule has 0 aliphatic carbocycles. The van der Waals surface area contributed by atoms with Crippen LogP contribution >= 0.6 is 49.6 Å². The van der Waals surface area contributed by atoms with Crippen molar-refractivity contribution in [2.45, 2.75) is 39.8 Å². The molecule has 50 heavy (non-hydrogen) atoms. The quantitative estimate of drug-likeness (QED) is 0.0677. The van der Waals surface area contributed by atoms with Crippen molar-refractivity contribution in [2.75, 3.05) is 0 Å². The van der Waals surface area contributed by atoms with Crippen molar-refractivity contribution in [3.8, 4) is 34.3 Å². The summed E-state index contributed by atoms with van der Waals surface area (Å²) in [5, 5.41) is 22.5.